The maximum absolute atomic E-state index is 2.50. The number of nitrogens with zero attached hydrogens (tertiary/aromatic N) is 1. The van der Waals surface area contributed by atoms with Gasteiger partial charge in [-0.2, -0.15) is 0 Å². The van der Waals surface area contributed by atoms with Gasteiger partial charge < -0.3 is 4.90 Å². The lowest BCUT2D eigenvalue weighted by molar-refractivity contribution is 1.31. The van der Waals surface area contributed by atoms with E-state index in [1.165, 1.54) is 101 Å². The third-order valence-corrected chi connectivity index (χ3v) is 14.1. The van der Waals surface area contributed by atoms with Gasteiger partial charge in [0.1, 0.15) is 0 Å². The average Bonchev–Trinajstić information content (AvgIpc) is 3.86. The van der Waals surface area contributed by atoms with E-state index >= 15 is 0 Å². The lowest BCUT2D eigenvalue weighted by Gasteiger charge is -2.27. The number of anilines is 3. The van der Waals surface area contributed by atoms with Crippen LogP contribution in [-0.4, -0.2) is 0 Å². The van der Waals surface area contributed by atoms with E-state index in [2.05, 4.69) is 205 Å². The van der Waals surface area contributed by atoms with Crippen LogP contribution in [0.3, 0.4) is 0 Å². The van der Waals surface area contributed by atoms with Crippen LogP contribution >= 0.6 is 22.7 Å². The monoisotopic (exact) mass is 759 g/mol. The SMILES string of the molecule is c1ccc(-c2cccc3c2sc2c(-c4cc5c(sc6cccc(N(c7ccc8ccccc8c7)c7ccc8ccccc8c7)c65)c5ccccc45)cccc23)cc1. The summed E-state index contributed by atoms with van der Waals surface area (Å²) < 4.78 is 5.27. The molecule has 0 amide bonds. The molecule has 0 unspecified atom stereocenters. The van der Waals surface area contributed by atoms with E-state index in [0.29, 0.717) is 0 Å². The molecule has 0 aliphatic carbocycles. The number of thiophene rings is 2. The molecule has 0 fully saturated rings. The molecule has 0 radical (unpaired) electrons. The summed E-state index contributed by atoms with van der Waals surface area (Å²) >= 11 is 3.83. The molecule has 2 aromatic heterocycles. The molecule has 266 valence electrons. The smallest absolute Gasteiger partial charge is 0.0554 e. The topological polar surface area (TPSA) is 3.24 Å². The first kappa shape index (κ1) is 32.5. The fraction of sp³-hybridized carbons (Fsp3) is 0. The highest BCUT2D eigenvalue weighted by atomic mass is 32.1. The summed E-state index contributed by atoms with van der Waals surface area (Å²) in [4.78, 5) is 2.47. The number of benzene rings is 10. The van der Waals surface area contributed by atoms with Crippen LogP contribution in [0.2, 0.25) is 0 Å². The summed E-state index contributed by atoms with van der Waals surface area (Å²) in [5, 5.41) is 12.7. The van der Waals surface area contributed by atoms with Crippen molar-refractivity contribution < 1.29 is 0 Å². The van der Waals surface area contributed by atoms with Crippen LogP contribution in [0.25, 0.3) is 94.9 Å². The van der Waals surface area contributed by atoms with E-state index in [1.54, 1.807) is 0 Å². The van der Waals surface area contributed by atoms with E-state index < -0.39 is 0 Å². The second kappa shape index (κ2) is 12.9. The number of hydrogen-bond acceptors (Lipinski definition) is 3. The molecule has 3 heteroatoms. The van der Waals surface area contributed by atoms with Gasteiger partial charge in [-0.1, -0.05) is 158 Å². The third kappa shape index (κ3) is 5.13. The first-order valence-corrected chi connectivity index (χ1v) is 21.0. The molecule has 2 heterocycles. The Hall–Kier alpha value is -6.78. The van der Waals surface area contributed by atoms with Crippen LogP contribution in [0.1, 0.15) is 0 Å². The van der Waals surface area contributed by atoms with Gasteiger partial charge in [0, 0.05) is 62.7 Å². The van der Waals surface area contributed by atoms with Gasteiger partial charge in [-0.3, -0.25) is 0 Å². The van der Waals surface area contributed by atoms with Gasteiger partial charge in [0.25, 0.3) is 0 Å². The van der Waals surface area contributed by atoms with E-state index in [4.69, 9.17) is 0 Å². The van der Waals surface area contributed by atoms with Gasteiger partial charge >= 0.3 is 0 Å². The Morgan fingerprint density at radius 3 is 1.56 bits per heavy atom. The third-order valence-electron chi connectivity index (χ3n) is 11.6. The van der Waals surface area contributed by atoms with Crippen LogP contribution in [0.5, 0.6) is 0 Å². The zero-order valence-corrected chi connectivity index (χ0v) is 32.4. The second-order valence-corrected chi connectivity index (χ2v) is 16.9. The minimum absolute atomic E-state index is 1.14. The fourth-order valence-corrected chi connectivity index (χ4v) is 11.6. The minimum Gasteiger partial charge on any atom is -0.310 e. The molecular formula is C54H33NS2. The molecule has 0 atom stereocenters. The highest BCUT2D eigenvalue weighted by Gasteiger charge is 2.22. The van der Waals surface area contributed by atoms with Crippen molar-refractivity contribution in [3.63, 3.8) is 0 Å². The molecule has 57 heavy (non-hydrogen) atoms. The summed E-state index contributed by atoms with van der Waals surface area (Å²) in [7, 11) is 0. The van der Waals surface area contributed by atoms with Gasteiger partial charge in [-0.25, -0.2) is 0 Å². The Kier molecular flexibility index (Phi) is 7.34. The van der Waals surface area contributed by atoms with Gasteiger partial charge in [-0.15, -0.1) is 22.7 Å². The zero-order valence-electron chi connectivity index (χ0n) is 30.8. The Bertz CT molecular complexity index is 3460. The van der Waals surface area contributed by atoms with Gasteiger partial charge in [0.05, 0.1) is 5.69 Å². The second-order valence-electron chi connectivity index (χ2n) is 14.8. The van der Waals surface area contributed by atoms with Crippen molar-refractivity contribution in [1.29, 1.82) is 0 Å². The molecule has 0 N–H and O–H groups in total. The minimum atomic E-state index is 1.14. The van der Waals surface area contributed by atoms with Crippen molar-refractivity contribution in [2.75, 3.05) is 4.90 Å². The highest BCUT2D eigenvalue weighted by molar-refractivity contribution is 7.27. The van der Waals surface area contributed by atoms with Crippen molar-refractivity contribution in [2.45, 2.75) is 0 Å². The number of hydrogen-bond donors (Lipinski definition) is 0. The van der Waals surface area contributed by atoms with Crippen LogP contribution in [0.4, 0.5) is 17.1 Å². The van der Waals surface area contributed by atoms with Crippen LogP contribution in [0, 0.1) is 0 Å². The Labute approximate surface area is 337 Å². The fourth-order valence-electron chi connectivity index (χ4n) is 8.97. The van der Waals surface area contributed by atoms with Crippen LogP contribution < -0.4 is 4.90 Å². The zero-order chi connectivity index (χ0) is 37.5. The van der Waals surface area contributed by atoms with Gasteiger partial charge in [0.15, 0.2) is 0 Å². The largest absolute Gasteiger partial charge is 0.310 e. The van der Waals surface area contributed by atoms with Crippen molar-refractivity contribution >= 4 is 112 Å². The average molecular weight is 760 g/mol. The molecule has 12 rings (SSSR count). The highest BCUT2D eigenvalue weighted by Crippen LogP contribution is 2.51. The molecule has 0 spiro atoms. The van der Waals surface area contributed by atoms with E-state index in [9.17, 15) is 0 Å². The van der Waals surface area contributed by atoms with E-state index in [1.807, 2.05) is 22.7 Å². The van der Waals surface area contributed by atoms with E-state index in [-0.39, 0.29) is 0 Å². The molecule has 12 aromatic rings. The molecule has 0 aliphatic rings. The summed E-state index contributed by atoms with van der Waals surface area (Å²) in [6.45, 7) is 0. The Morgan fingerprint density at radius 1 is 0.316 bits per heavy atom. The van der Waals surface area contributed by atoms with Crippen molar-refractivity contribution in [1.82, 2.24) is 0 Å². The van der Waals surface area contributed by atoms with Crippen molar-refractivity contribution in [2.24, 2.45) is 0 Å². The molecule has 0 saturated carbocycles. The summed E-state index contributed by atoms with van der Waals surface area (Å²) in [5.74, 6) is 0. The number of fused-ring (bicyclic) bond motifs is 10. The quantitative estimate of drug-likeness (QED) is 0.169. The molecule has 1 nitrogen and oxygen atoms in total. The normalized spacial score (nSPS) is 11.9. The maximum Gasteiger partial charge on any atom is 0.0554 e. The molecule has 0 bridgehead atoms. The van der Waals surface area contributed by atoms with Crippen molar-refractivity contribution in [3.05, 3.63) is 200 Å². The molecular weight excluding hydrogens is 727 g/mol. The first-order chi connectivity index (χ1) is 28.3. The van der Waals surface area contributed by atoms with Crippen molar-refractivity contribution in [3.8, 4) is 22.3 Å². The predicted molar refractivity (Wildman–Crippen MR) is 250 cm³/mol. The molecule has 0 saturated heterocycles. The maximum atomic E-state index is 2.50. The predicted octanol–water partition coefficient (Wildman–Crippen LogP) is 16.7. The summed E-state index contributed by atoms with van der Waals surface area (Å²) in [5.41, 5.74) is 8.55. The van der Waals surface area contributed by atoms with Crippen LogP contribution in [0.15, 0.2) is 200 Å². The standard InChI is InChI=1S/C54H33NS2/c1-2-15-36(16-3-1)41-21-10-22-44-45-23-11-24-46(53(45)57-52(41)44)47-33-48-51-49(25-12-26-50(51)56-54(48)43-20-9-8-19-42(43)47)55(39-29-27-34-13-4-6-17-37(34)31-39)40-30-28-35-14-5-7-18-38(35)32-40/h1-33H. The van der Waals surface area contributed by atoms with Gasteiger partial charge in [0.2, 0.25) is 0 Å². The summed E-state index contributed by atoms with van der Waals surface area (Å²) in [6, 6.07) is 73.9. The Balaban J connectivity index is 1.15. The van der Waals surface area contributed by atoms with E-state index in [0.717, 1.165) is 11.4 Å². The summed E-state index contributed by atoms with van der Waals surface area (Å²) in [6.07, 6.45) is 0. The Morgan fingerprint density at radius 2 is 0.860 bits per heavy atom. The lowest BCUT2D eigenvalue weighted by atomic mass is 9.94. The first-order valence-electron chi connectivity index (χ1n) is 19.4. The molecule has 10 aromatic carbocycles. The van der Waals surface area contributed by atoms with Crippen LogP contribution in [-0.2, 0) is 0 Å². The lowest BCUT2D eigenvalue weighted by Crippen LogP contribution is -2.10. The van der Waals surface area contributed by atoms with Gasteiger partial charge in [-0.05, 0) is 86.1 Å². The molecule has 0 aliphatic heterocycles. The number of rotatable bonds is 5.